The molecule has 1 aromatic carbocycles. The lowest BCUT2D eigenvalue weighted by atomic mass is 10.1. The summed E-state index contributed by atoms with van der Waals surface area (Å²) >= 11 is 1.53. The Kier molecular flexibility index (Phi) is 4.04. The maximum atomic E-state index is 12.7. The molecule has 118 valence electrons. The molecule has 1 atom stereocenters. The van der Waals surface area contributed by atoms with E-state index in [1.807, 2.05) is 38.1 Å². The molecule has 2 aliphatic rings. The summed E-state index contributed by atoms with van der Waals surface area (Å²) in [6, 6.07) is 7.31. The van der Waals surface area contributed by atoms with Gasteiger partial charge < -0.3 is 15.0 Å². The van der Waals surface area contributed by atoms with Gasteiger partial charge >= 0.3 is 0 Å². The predicted octanol–water partition coefficient (Wildman–Crippen LogP) is 1.42. The number of hydrogen-bond donors (Lipinski definition) is 1. The van der Waals surface area contributed by atoms with Crippen molar-refractivity contribution < 1.29 is 14.3 Å². The first-order valence-electron chi connectivity index (χ1n) is 7.42. The number of nitrogens with one attached hydrogen (secondary N) is 1. The number of para-hydroxylation sites is 1. The number of thioether (sulfide) groups is 1. The fourth-order valence-electron chi connectivity index (χ4n) is 2.60. The van der Waals surface area contributed by atoms with Gasteiger partial charge in [-0.1, -0.05) is 18.2 Å². The number of carbonyl (C=O) groups is 2. The van der Waals surface area contributed by atoms with Crippen molar-refractivity contribution in [2.45, 2.75) is 31.2 Å². The number of hydrogen-bond acceptors (Lipinski definition) is 4. The van der Waals surface area contributed by atoms with Crippen molar-refractivity contribution in [1.29, 1.82) is 0 Å². The second kappa shape index (κ2) is 5.83. The molecule has 0 bridgehead atoms. The van der Waals surface area contributed by atoms with Crippen LogP contribution >= 0.6 is 11.8 Å². The van der Waals surface area contributed by atoms with Crippen LogP contribution in [0.5, 0.6) is 5.75 Å². The fraction of sp³-hybridized carbons (Fsp3) is 0.500. The van der Waals surface area contributed by atoms with Crippen molar-refractivity contribution in [2.75, 3.05) is 18.9 Å². The number of ether oxygens (including phenoxy) is 1. The van der Waals surface area contributed by atoms with Crippen LogP contribution in [0.3, 0.4) is 0 Å². The van der Waals surface area contributed by atoms with Gasteiger partial charge in [-0.25, -0.2) is 0 Å². The summed E-state index contributed by atoms with van der Waals surface area (Å²) in [6.07, 6.45) is 0. The van der Waals surface area contributed by atoms with Crippen molar-refractivity contribution in [3.05, 3.63) is 29.8 Å². The smallest absolute Gasteiger partial charge is 0.246 e. The summed E-state index contributed by atoms with van der Waals surface area (Å²) in [5.74, 6) is 1.34. The van der Waals surface area contributed by atoms with Crippen LogP contribution in [-0.4, -0.2) is 46.4 Å². The first kappa shape index (κ1) is 15.2. The molecule has 5 nitrogen and oxygen atoms in total. The molecule has 1 saturated heterocycles. The van der Waals surface area contributed by atoms with Crippen LogP contribution in [0.2, 0.25) is 0 Å². The molecule has 1 N–H and O–H groups in total. The highest BCUT2D eigenvalue weighted by Crippen LogP contribution is 2.30. The van der Waals surface area contributed by atoms with E-state index in [1.165, 1.54) is 11.8 Å². The van der Waals surface area contributed by atoms with Crippen molar-refractivity contribution in [2.24, 2.45) is 0 Å². The van der Waals surface area contributed by atoms with Gasteiger partial charge in [0.15, 0.2) is 0 Å². The Labute approximate surface area is 134 Å². The molecule has 0 aromatic heterocycles. The minimum Gasteiger partial charge on any atom is -0.491 e. The molecule has 2 aliphatic heterocycles. The molecule has 1 fully saturated rings. The zero-order valence-electron chi connectivity index (χ0n) is 12.8. The maximum absolute atomic E-state index is 12.7. The maximum Gasteiger partial charge on any atom is 0.246 e. The van der Waals surface area contributed by atoms with Gasteiger partial charge in [0.25, 0.3) is 0 Å². The number of rotatable bonds is 1. The number of amides is 2. The average molecular weight is 320 g/mol. The Morgan fingerprint density at radius 1 is 1.41 bits per heavy atom. The summed E-state index contributed by atoms with van der Waals surface area (Å²) in [6.45, 7) is 5.29. The third-order valence-electron chi connectivity index (χ3n) is 4.03. The van der Waals surface area contributed by atoms with Crippen LogP contribution in [0.15, 0.2) is 24.3 Å². The number of nitrogens with zero attached hydrogens (tertiary/aromatic N) is 1. The second-order valence-corrected chi connectivity index (χ2v) is 7.71. The first-order valence-corrected chi connectivity index (χ1v) is 8.40. The van der Waals surface area contributed by atoms with E-state index in [2.05, 4.69) is 5.32 Å². The number of fused-ring (bicyclic) bond motifs is 1. The zero-order valence-corrected chi connectivity index (χ0v) is 13.6. The van der Waals surface area contributed by atoms with Crippen LogP contribution in [-0.2, 0) is 16.1 Å². The lowest BCUT2D eigenvalue weighted by Gasteiger charge is -2.35. The van der Waals surface area contributed by atoms with Crippen LogP contribution in [0.4, 0.5) is 0 Å². The predicted molar refractivity (Wildman–Crippen MR) is 85.8 cm³/mol. The van der Waals surface area contributed by atoms with E-state index in [0.29, 0.717) is 25.4 Å². The highest BCUT2D eigenvalue weighted by Gasteiger charge is 2.39. The molecule has 2 amide bonds. The van der Waals surface area contributed by atoms with Crippen molar-refractivity contribution in [1.82, 2.24) is 10.2 Å². The van der Waals surface area contributed by atoms with Crippen LogP contribution < -0.4 is 10.1 Å². The summed E-state index contributed by atoms with van der Waals surface area (Å²) in [4.78, 5) is 26.5. The molecule has 22 heavy (non-hydrogen) atoms. The van der Waals surface area contributed by atoms with E-state index >= 15 is 0 Å². The molecule has 1 aromatic rings. The zero-order chi connectivity index (χ0) is 15.7. The quantitative estimate of drug-likeness (QED) is 0.850. The Morgan fingerprint density at radius 3 is 2.95 bits per heavy atom. The van der Waals surface area contributed by atoms with Gasteiger partial charge in [0, 0.05) is 17.9 Å². The number of carbonyl (C=O) groups excluding carboxylic acids is 2. The fourth-order valence-corrected chi connectivity index (χ4v) is 3.60. The second-order valence-electron chi connectivity index (χ2n) is 6.06. The minimum atomic E-state index is -0.467. The van der Waals surface area contributed by atoms with Gasteiger partial charge in [-0.15, -0.1) is 11.8 Å². The summed E-state index contributed by atoms with van der Waals surface area (Å²) in [5, 5.41) is 2.86. The van der Waals surface area contributed by atoms with E-state index in [9.17, 15) is 9.59 Å². The Balaban J connectivity index is 1.72. The van der Waals surface area contributed by atoms with Gasteiger partial charge in [-0.3, -0.25) is 9.59 Å². The molecule has 0 radical (unpaired) electrons. The topological polar surface area (TPSA) is 58.6 Å². The molecular formula is C16H20N2O3S. The van der Waals surface area contributed by atoms with Crippen molar-refractivity contribution >= 4 is 23.6 Å². The third-order valence-corrected chi connectivity index (χ3v) is 5.43. The standard InChI is InChI=1S/C16H20N2O3S/c1-16(2)15(20)17-12(10-22-16)14(19)18-7-8-21-13-6-4-3-5-11(13)9-18/h3-6,12H,7-10H2,1-2H3,(H,17,20)/t12-/m0/s1. The molecule has 0 unspecified atom stereocenters. The van der Waals surface area contributed by atoms with E-state index < -0.39 is 10.8 Å². The monoisotopic (exact) mass is 320 g/mol. The Bertz CT molecular complexity index is 603. The third kappa shape index (κ3) is 2.92. The van der Waals surface area contributed by atoms with Crippen LogP contribution in [0, 0.1) is 0 Å². The molecule has 0 saturated carbocycles. The van der Waals surface area contributed by atoms with E-state index in [4.69, 9.17) is 4.74 Å². The summed E-state index contributed by atoms with van der Waals surface area (Å²) in [7, 11) is 0. The molecule has 2 heterocycles. The average Bonchev–Trinajstić information content (AvgIpc) is 2.71. The highest BCUT2D eigenvalue weighted by atomic mass is 32.2. The van der Waals surface area contributed by atoms with Crippen molar-refractivity contribution in [3.8, 4) is 5.75 Å². The van der Waals surface area contributed by atoms with Gasteiger partial charge in [0.05, 0.1) is 11.3 Å². The van der Waals surface area contributed by atoms with Crippen LogP contribution in [0.25, 0.3) is 0 Å². The van der Waals surface area contributed by atoms with E-state index in [1.54, 1.807) is 4.90 Å². The van der Waals surface area contributed by atoms with E-state index in [0.717, 1.165) is 11.3 Å². The molecule has 3 rings (SSSR count). The van der Waals surface area contributed by atoms with Gasteiger partial charge in [-0.05, 0) is 19.9 Å². The van der Waals surface area contributed by atoms with Crippen molar-refractivity contribution in [3.63, 3.8) is 0 Å². The lowest BCUT2D eigenvalue weighted by Crippen LogP contribution is -2.57. The molecule has 0 aliphatic carbocycles. The Hall–Kier alpha value is -1.69. The highest BCUT2D eigenvalue weighted by molar-refractivity contribution is 8.01. The summed E-state index contributed by atoms with van der Waals surface area (Å²) in [5.41, 5.74) is 1.00. The molecule has 6 heteroatoms. The molecular weight excluding hydrogens is 300 g/mol. The van der Waals surface area contributed by atoms with Crippen LogP contribution in [0.1, 0.15) is 19.4 Å². The van der Waals surface area contributed by atoms with Gasteiger partial charge in [-0.2, -0.15) is 0 Å². The normalized spacial score (nSPS) is 23.8. The Morgan fingerprint density at radius 2 is 2.18 bits per heavy atom. The molecule has 0 spiro atoms. The minimum absolute atomic E-state index is 0.0309. The summed E-state index contributed by atoms with van der Waals surface area (Å²) < 4.78 is 5.22. The first-order chi connectivity index (χ1) is 10.5. The number of benzene rings is 1. The van der Waals surface area contributed by atoms with Gasteiger partial charge in [0.1, 0.15) is 18.4 Å². The SMILES string of the molecule is CC1(C)SC[C@@H](C(=O)N2CCOc3ccccc3C2)NC1=O. The largest absolute Gasteiger partial charge is 0.491 e. The van der Waals surface area contributed by atoms with E-state index in [-0.39, 0.29) is 11.8 Å². The van der Waals surface area contributed by atoms with Gasteiger partial charge in [0.2, 0.25) is 11.8 Å². The lowest BCUT2D eigenvalue weighted by molar-refractivity contribution is -0.137.